The normalized spacial score (nSPS) is 9.96. The molecule has 130 valence electrons. The van der Waals surface area contributed by atoms with Gasteiger partial charge in [-0.15, -0.1) is 0 Å². The summed E-state index contributed by atoms with van der Waals surface area (Å²) in [4.78, 5) is 11.4. The molecular weight excluding hydrogens is 320 g/mol. The average Bonchev–Trinajstić information content (AvgIpc) is 2.59. The summed E-state index contributed by atoms with van der Waals surface area (Å²) < 4.78 is 16.0. The molecule has 25 heavy (non-hydrogen) atoms. The first-order valence-electron chi connectivity index (χ1n) is 7.71. The van der Waals surface area contributed by atoms with Gasteiger partial charge in [-0.05, 0) is 38.1 Å². The van der Waals surface area contributed by atoms with Crippen LogP contribution in [-0.2, 0) is 0 Å². The molecule has 0 aromatic heterocycles. The highest BCUT2D eigenvalue weighted by atomic mass is 16.5. The van der Waals surface area contributed by atoms with Crippen LogP contribution in [0.3, 0.4) is 0 Å². The van der Waals surface area contributed by atoms with Gasteiger partial charge < -0.3 is 19.3 Å². The highest BCUT2D eigenvalue weighted by molar-refractivity contribution is 5.81. The molecule has 5 nitrogen and oxygen atoms in total. The van der Waals surface area contributed by atoms with Crippen molar-refractivity contribution in [2.45, 2.75) is 20.0 Å². The molecule has 0 bridgehead atoms. The molecule has 0 saturated heterocycles. The van der Waals surface area contributed by atoms with Gasteiger partial charge in [-0.2, -0.15) is 0 Å². The largest absolute Gasteiger partial charge is 0.504 e. The molecule has 0 radical (unpaired) electrons. The molecule has 2 rings (SSSR count). The molecule has 0 fully saturated rings. The first-order chi connectivity index (χ1) is 12.0. The molecule has 2 aromatic rings. The zero-order valence-corrected chi connectivity index (χ0v) is 14.6. The maximum absolute atomic E-state index is 11.4. The molecule has 0 aliphatic heterocycles. The fourth-order valence-electron chi connectivity index (χ4n) is 2.19. The van der Waals surface area contributed by atoms with Crippen LogP contribution in [0.1, 0.15) is 35.3 Å². The second-order valence-corrected chi connectivity index (χ2v) is 5.51. The summed E-state index contributed by atoms with van der Waals surface area (Å²) in [5.74, 6) is 7.22. The van der Waals surface area contributed by atoms with Crippen molar-refractivity contribution in [1.29, 1.82) is 0 Å². The zero-order valence-electron chi connectivity index (χ0n) is 14.6. The van der Waals surface area contributed by atoms with Gasteiger partial charge in [0.25, 0.3) is 0 Å². The third-order valence-corrected chi connectivity index (χ3v) is 3.35. The number of carbonyl (C=O) groups is 1. The minimum atomic E-state index is -0.0485. The summed E-state index contributed by atoms with van der Waals surface area (Å²) in [7, 11) is 3.01. The maximum Gasteiger partial charge on any atom is 0.162 e. The summed E-state index contributed by atoms with van der Waals surface area (Å²) in [5.41, 5.74) is 1.51. The van der Waals surface area contributed by atoms with Crippen LogP contribution < -0.4 is 14.2 Å². The second kappa shape index (κ2) is 8.11. The van der Waals surface area contributed by atoms with Gasteiger partial charge >= 0.3 is 0 Å². The Balaban J connectivity index is 2.43. The zero-order chi connectivity index (χ0) is 18.4. The lowest BCUT2D eigenvalue weighted by Crippen LogP contribution is -2.07. The van der Waals surface area contributed by atoms with Gasteiger partial charge in [0.15, 0.2) is 29.3 Å². The van der Waals surface area contributed by atoms with Crippen molar-refractivity contribution in [2.24, 2.45) is 0 Å². The van der Waals surface area contributed by atoms with E-state index in [9.17, 15) is 9.90 Å². The SMILES string of the molecule is COc1ccc(C#Cc2cc(OC)c(OC(C)C)cc2C=O)cc1O. The van der Waals surface area contributed by atoms with Crippen LogP contribution in [0, 0.1) is 11.8 Å². The monoisotopic (exact) mass is 340 g/mol. The van der Waals surface area contributed by atoms with Crippen LogP contribution in [0.15, 0.2) is 30.3 Å². The number of hydrogen-bond donors (Lipinski definition) is 1. The molecule has 0 amide bonds. The van der Waals surface area contributed by atoms with E-state index >= 15 is 0 Å². The van der Waals surface area contributed by atoms with Gasteiger partial charge in [0.1, 0.15) is 0 Å². The van der Waals surface area contributed by atoms with Crippen LogP contribution in [0.4, 0.5) is 0 Å². The highest BCUT2D eigenvalue weighted by Gasteiger charge is 2.11. The van der Waals surface area contributed by atoms with Gasteiger partial charge in [0.2, 0.25) is 0 Å². The topological polar surface area (TPSA) is 65.0 Å². The number of phenolic OH excluding ortho intramolecular Hbond substituents is 1. The third-order valence-electron chi connectivity index (χ3n) is 3.35. The number of phenols is 1. The summed E-state index contributed by atoms with van der Waals surface area (Å²) in [6.45, 7) is 3.79. The van der Waals surface area contributed by atoms with E-state index in [0.717, 1.165) is 6.29 Å². The van der Waals surface area contributed by atoms with Gasteiger partial charge in [-0.1, -0.05) is 11.8 Å². The van der Waals surface area contributed by atoms with Crippen molar-refractivity contribution in [3.05, 3.63) is 47.0 Å². The fourth-order valence-corrected chi connectivity index (χ4v) is 2.19. The van der Waals surface area contributed by atoms with E-state index in [1.165, 1.54) is 20.3 Å². The molecule has 0 aliphatic rings. The van der Waals surface area contributed by atoms with Crippen molar-refractivity contribution in [3.63, 3.8) is 0 Å². The quantitative estimate of drug-likeness (QED) is 0.667. The molecule has 0 aliphatic carbocycles. The van der Waals surface area contributed by atoms with E-state index in [2.05, 4.69) is 11.8 Å². The predicted molar refractivity (Wildman–Crippen MR) is 94.8 cm³/mol. The van der Waals surface area contributed by atoms with Crippen molar-refractivity contribution >= 4 is 6.29 Å². The number of hydrogen-bond acceptors (Lipinski definition) is 5. The van der Waals surface area contributed by atoms with Gasteiger partial charge in [-0.25, -0.2) is 0 Å². The van der Waals surface area contributed by atoms with Gasteiger partial charge in [-0.3, -0.25) is 4.79 Å². The molecule has 2 aromatic carbocycles. The van der Waals surface area contributed by atoms with E-state index in [-0.39, 0.29) is 11.9 Å². The standard InChI is InChI=1S/C20H20O5/c1-13(2)25-20-11-16(12-21)15(10-19(20)24-4)7-5-14-6-8-18(23-3)17(22)9-14/h6,8-13,22H,1-4H3. The molecule has 0 saturated carbocycles. The molecule has 0 atom stereocenters. The number of benzene rings is 2. The third kappa shape index (κ3) is 4.45. The number of methoxy groups -OCH3 is 2. The number of aldehydes is 1. The van der Waals surface area contributed by atoms with Gasteiger partial charge in [0.05, 0.1) is 20.3 Å². The Morgan fingerprint density at radius 2 is 1.72 bits per heavy atom. The van der Waals surface area contributed by atoms with E-state index in [1.807, 2.05) is 13.8 Å². The second-order valence-electron chi connectivity index (χ2n) is 5.51. The van der Waals surface area contributed by atoms with Crippen LogP contribution in [0.5, 0.6) is 23.0 Å². The smallest absolute Gasteiger partial charge is 0.162 e. The summed E-state index contributed by atoms with van der Waals surface area (Å²) >= 11 is 0. The summed E-state index contributed by atoms with van der Waals surface area (Å²) in [6, 6.07) is 8.12. The van der Waals surface area contributed by atoms with E-state index in [1.54, 1.807) is 24.3 Å². The lowest BCUT2D eigenvalue weighted by molar-refractivity contribution is 0.112. The Labute approximate surface area is 147 Å². The van der Waals surface area contributed by atoms with Crippen molar-refractivity contribution in [1.82, 2.24) is 0 Å². The van der Waals surface area contributed by atoms with Crippen LogP contribution in [0.2, 0.25) is 0 Å². The van der Waals surface area contributed by atoms with E-state index < -0.39 is 0 Å². The maximum atomic E-state index is 11.4. The van der Waals surface area contributed by atoms with Crippen LogP contribution in [0.25, 0.3) is 0 Å². The number of carbonyl (C=O) groups excluding carboxylic acids is 1. The summed E-state index contributed by atoms with van der Waals surface area (Å²) in [5, 5.41) is 9.81. The van der Waals surface area contributed by atoms with E-state index in [4.69, 9.17) is 14.2 Å². The Morgan fingerprint density at radius 1 is 1.00 bits per heavy atom. The van der Waals surface area contributed by atoms with E-state index in [0.29, 0.717) is 33.9 Å². The Kier molecular flexibility index (Phi) is 5.91. The molecule has 1 N–H and O–H groups in total. The average molecular weight is 340 g/mol. The molecule has 0 unspecified atom stereocenters. The lowest BCUT2D eigenvalue weighted by Gasteiger charge is -2.14. The minimum Gasteiger partial charge on any atom is -0.504 e. The lowest BCUT2D eigenvalue weighted by atomic mass is 10.1. The minimum absolute atomic E-state index is 0.00294. The molecular formula is C20H20O5. The number of ether oxygens (including phenoxy) is 3. The molecule has 5 heteroatoms. The Hall–Kier alpha value is -3.13. The Morgan fingerprint density at radius 3 is 2.28 bits per heavy atom. The van der Waals surface area contributed by atoms with Crippen LogP contribution >= 0.6 is 0 Å². The molecule has 0 heterocycles. The number of aromatic hydroxyl groups is 1. The highest BCUT2D eigenvalue weighted by Crippen LogP contribution is 2.31. The Bertz CT molecular complexity index is 828. The van der Waals surface area contributed by atoms with Crippen molar-refractivity contribution in [2.75, 3.05) is 14.2 Å². The first kappa shape index (κ1) is 18.2. The predicted octanol–water partition coefficient (Wildman–Crippen LogP) is 3.41. The van der Waals surface area contributed by atoms with Crippen molar-refractivity contribution in [3.8, 4) is 34.8 Å². The first-order valence-corrected chi connectivity index (χ1v) is 7.71. The summed E-state index contributed by atoms with van der Waals surface area (Å²) in [6.07, 6.45) is 0.676. The number of rotatable bonds is 5. The van der Waals surface area contributed by atoms with Gasteiger partial charge in [0, 0.05) is 22.8 Å². The molecule has 0 spiro atoms. The van der Waals surface area contributed by atoms with Crippen molar-refractivity contribution < 1.29 is 24.1 Å². The van der Waals surface area contributed by atoms with Crippen LogP contribution in [-0.4, -0.2) is 31.7 Å². The fraction of sp³-hybridized carbons (Fsp3) is 0.250.